The van der Waals surface area contributed by atoms with Gasteiger partial charge in [-0.15, -0.1) is 11.3 Å². The highest BCUT2D eigenvalue weighted by Crippen LogP contribution is 2.34. The summed E-state index contributed by atoms with van der Waals surface area (Å²) in [6.45, 7) is 6.92. The van der Waals surface area contributed by atoms with Crippen molar-refractivity contribution in [2.75, 3.05) is 6.79 Å². The fourth-order valence-corrected chi connectivity index (χ4v) is 3.25. The smallest absolute Gasteiger partial charge is 0.231 e. The van der Waals surface area contributed by atoms with Crippen LogP contribution in [0.2, 0.25) is 0 Å². The molecule has 2 aromatic rings. The molecule has 3 rings (SSSR count). The molecule has 2 heterocycles. The lowest BCUT2D eigenvalue weighted by Gasteiger charge is -2.17. The summed E-state index contributed by atoms with van der Waals surface area (Å²) in [5, 5.41) is 0. The van der Waals surface area contributed by atoms with Crippen molar-refractivity contribution in [1.29, 1.82) is 0 Å². The maximum absolute atomic E-state index is 5.42. The monoisotopic (exact) mass is 275 g/mol. The summed E-state index contributed by atoms with van der Waals surface area (Å²) in [6, 6.07) is 6.14. The molecule has 0 saturated heterocycles. The van der Waals surface area contributed by atoms with Crippen LogP contribution in [0.4, 0.5) is 0 Å². The molecule has 0 radical (unpaired) electrons. The van der Waals surface area contributed by atoms with Gasteiger partial charge in [-0.05, 0) is 17.7 Å². The van der Waals surface area contributed by atoms with Gasteiger partial charge in [0.25, 0.3) is 0 Å². The lowest BCUT2D eigenvalue weighted by Crippen LogP contribution is -2.14. The van der Waals surface area contributed by atoms with Gasteiger partial charge in [-0.3, -0.25) is 0 Å². The highest BCUT2D eigenvalue weighted by atomic mass is 32.1. The number of hydrogen-bond donors (Lipinski definition) is 0. The Balaban J connectivity index is 1.88. The van der Waals surface area contributed by atoms with Gasteiger partial charge in [-0.25, -0.2) is 4.98 Å². The summed E-state index contributed by atoms with van der Waals surface area (Å²) in [5.74, 6) is 1.68. The van der Waals surface area contributed by atoms with Crippen molar-refractivity contribution < 1.29 is 9.47 Å². The minimum atomic E-state index is 0.0890. The highest BCUT2D eigenvalue weighted by molar-refractivity contribution is 7.09. The van der Waals surface area contributed by atoms with Gasteiger partial charge < -0.3 is 9.47 Å². The molecule has 0 bridgehead atoms. The van der Waals surface area contributed by atoms with Crippen molar-refractivity contribution in [2.45, 2.75) is 32.6 Å². The van der Waals surface area contributed by atoms with Crippen LogP contribution in [0.5, 0.6) is 11.5 Å². The summed E-state index contributed by atoms with van der Waals surface area (Å²) < 4.78 is 10.8. The number of rotatable bonds is 2. The maximum atomic E-state index is 5.42. The van der Waals surface area contributed by atoms with Gasteiger partial charge in [0.15, 0.2) is 11.5 Å². The first kappa shape index (κ1) is 12.5. The molecule has 1 aromatic carbocycles. The van der Waals surface area contributed by atoms with Gasteiger partial charge in [0, 0.05) is 16.7 Å². The van der Waals surface area contributed by atoms with E-state index in [2.05, 4.69) is 37.9 Å². The number of fused-ring (bicyclic) bond motifs is 1. The van der Waals surface area contributed by atoms with Gasteiger partial charge in [0.05, 0.1) is 11.2 Å². The minimum Gasteiger partial charge on any atom is -0.454 e. The molecule has 0 N–H and O–H groups in total. The second kappa shape index (κ2) is 4.53. The first-order valence-corrected chi connectivity index (χ1v) is 7.23. The molecule has 1 aliphatic rings. The summed E-state index contributed by atoms with van der Waals surface area (Å²) >= 11 is 1.72. The van der Waals surface area contributed by atoms with Crippen LogP contribution in [-0.4, -0.2) is 11.8 Å². The Kier molecular flexibility index (Phi) is 2.97. The van der Waals surface area contributed by atoms with E-state index in [1.165, 1.54) is 16.1 Å². The predicted octanol–water partition coefficient (Wildman–Crippen LogP) is 3.76. The molecular formula is C15H17NO2S. The number of hydrogen-bond acceptors (Lipinski definition) is 4. The highest BCUT2D eigenvalue weighted by Gasteiger charge is 2.21. The lowest BCUT2D eigenvalue weighted by molar-refractivity contribution is 0.174. The molecule has 0 spiro atoms. The molecule has 0 aliphatic carbocycles. The first-order chi connectivity index (χ1) is 9.04. The predicted molar refractivity (Wildman–Crippen MR) is 76.2 cm³/mol. The third-order valence-corrected chi connectivity index (χ3v) is 3.99. The van der Waals surface area contributed by atoms with Crippen LogP contribution in [0, 0.1) is 0 Å². The van der Waals surface area contributed by atoms with Crippen molar-refractivity contribution >= 4 is 11.3 Å². The van der Waals surface area contributed by atoms with Crippen molar-refractivity contribution in [2.24, 2.45) is 0 Å². The van der Waals surface area contributed by atoms with E-state index >= 15 is 0 Å². The molecule has 1 aromatic heterocycles. The van der Waals surface area contributed by atoms with E-state index in [0.717, 1.165) is 17.9 Å². The largest absolute Gasteiger partial charge is 0.454 e. The average molecular weight is 275 g/mol. The molecule has 19 heavy (non-hydrogen) atoms. The number of thiazole rings is 1. The molecular weight excluding hydrogens is 258 g/mol. The van der Waals surface area contributed by atoms with Crippen molar-refractivity contribution in [1.82, 2.24) is 4.98 Å². The van der Waals surface area contributed by atoms with E-state index in [0.29, 0.717) is 6.79 Å². The summed E-state index contributed by atoms with van der Waals surface area (Å²) in [7, 11) is 0. The molecule has 1 aliphatic heterocycles. The Morgan fingerprint density at radius 3 is 2.79 bits per heavy atom. The summed E-state index contributed by atoms with van der Waals surface area (Å²) in [6.07, 6.45) is 0.897. The Bertz CT molecular complexity index is 598. The van der Waals surface area contributed by atoms with Crippen LogP contribution in [0.3, 0.4) is 0 Å². The van der Waals surface area contributed by atoms with Gasteiger partial charge in [-0.1, -0.05) is 26.8 Å². The SMILES string of the molecule is CC(C)(C)c1ncsc1Cc1ccc2c(c1)OCO2. The summed E-state index contributed by atoms with van der Waals surface area (Å²) in [4.78, 5) is 5.84. The Morgan fingerprint density at radius 1 is 1.21 bits per heavy atom. The quantitative estimate of drug-likeness (QED) is 0.836. The topological polar surface area (TPSA) is 31.4 Å². The number of ether oxygens (including phenoxy) is 2. The van der Waals surface area contributed by atoms with Crippen LogP contribution in [0.15, 0.2) is 23.7 Å². The average Bonchev–Trinajstić information content (AvgIpc) is 2.95. The number of nitrogens with zero attached hydrogens (tertiary/aromatic N) is 1. The Labute approximate surface area is 117 Å². The zero-order chi connectivity index (χ0) is 13.5. The molecule has 0 unspecified atom stereocenters. The van der Waals surface area contributed by atoms with Crippen LogP contribution in [0.25, 0.3) is 0 Å². The van der Waals surface area contributed by atoms with E-state index in [4.69, 9.17) is 9.47 Å². The fourth-order valence-electron chi connectivity index (χ4n) is 2.24. The van der Waals surface area contributed by atoms with E-state index < -0.39 is 0 Å². The zero-order valence-corrected chi connectivity index (χ0v) is 12.2. The first-order valence-electron chi connectivity index (χ1n) is 6.35. The second-order valence-electron chi connectivity index (χ2n) is 5.74. The van der Waals surface area contributed by atoms with Crippen LogP contribution in [-0.2, 0) is 11.8 Å². The van der Waals surface area contributed by atoms with E-state index in [-0.39, 0.29) is 5.41 Å². The van der Waals surface area contributed by atoms with E-state index in [9.17, 15) is 0 Å². The Morgan fingerprint density at radius 2 is 2.00 bits per heavy atom. The van der Waals surface area contributed by atoms with E-state index in [1.54, 1.807) is 11.3 Å². The maximum Gasteiger partial charge on any atom is 0.231 e. The second-order valence-corrected chi connectivity index (χ2v) is 6.68. The molecule has 4 heteroatoms. The zero-order valence-electron chi connectivity index (χ0n) is 11.4. The number of aromatic nitrogens is 1. The van der Waals surface area contributed by atoms with Crippen LogP contribution < -0.4 is 9.47 Å². The third kappa shape index (κ3) is 2.45. The standard InChI is InChI=1S/C15H17NO2S/c1-15(2,3)14-13(19-8-16-14)7-10-4-5-11-12(6-10)18-9-17-11/h4-6,8H,7,9H2,1-3H3. The molecule has 0 fully saturated rings. The normalized spacial score (nSPS) is 13.8. The van der Waals surface area contributed by atoms with Gasteiger partial charge in [0.2, 0.25) is 6.79 Å². The van der Waals surface area contributed by atoms with Gasteiger partial charge >= 0.3 is 0 Å². The van der Waals surface area contributed by atoms with E-state index in [1.807, 2.05) is 11.6 Å². The van der Waals surface area contributed by atoms with Crippen molar-refractivity contribution in [3.05, 3.63) is 39.8 Å². The third-order valence-electron chi connectivity index (χ3n) is 3.15. The molecule has 3 nitrogen and oxygen atoms in total. The molecule has 0 amide bonds. The van der Waals surface area contributed by atoms with Gasteiger partial charge in [-0.2, -0.15) is 0 Å². The van der Waals surface area contributed by atoms with Crippen molar-refractivity contribution in [3.8, 4) is 11.5 Å². The van der Waals surface area contributed by atoms with Crippen LogP contribution in [0.1, 0.15) is 36.9 Å². The van der Waals surface area contributed by atoms with Gasteiger partial charge in [0.1, 0.15) is 0 Å². The Hall–Kier alpha value is -1.55. The molecule has 100 valence electrons. The van der Waals surface area contributed by atoms with Crippen LogP contribution >= 0.6 is 11.3 Å². The lowest BCUT2D eigenvalue weighted by atomic mass is 9.90. The van der Waals surface area contributed by atoms with Crippen molar-refractivity contribution in [3.63, 3.8) is 0 Å². The minimum absolute atomic E-state index is 0.0890. The number of benzene rings is 1. The fraction of sp³-hybridized carbons (Fsp3) is 0.400. The molecule has 0 atom stereocenters. The summed E-state index contributed by atoms with van der Waals surface area (Å²) in [5.41, 5.74) is 4.45. The molecule has 0 saturated carbocycles.